The third-order valence-electron chi connectivity index (χ3n) is 3.98. The number of aromatic nitrogens is 2. The number of benzene rings is 1. The Bertz CT molecular complexity index is 952. The average molecular weight is 339 g/mol. The SMILES string of the molecule is COc1ccc(-c2nc3scc(-c4ccco4)n3c2CCN)cc1. The maximum Gasteiger partial charge on any atom is 0.195 e. The van der Waals surface area contributed by atoms with E-state index in [4.69, 9.17) is 19.9 Å². The van der Waals surface area contributed by atoms with Crippen molar-refractivity contribution < 1.29 is 9.15 Å². The molecule has 122 valence electrons. The fourth-order valence-electron chi connectivity index (χ4n) is 2.86. The van der Waals surface area contributed by atoms with Gasteiger partial charge in [-0.25, -0.2) is 4.98 Å². The zero-order valence-corrected chi connectivity index (χ0v) is 14.0. The highest BCUT2D eigenvalue weighted by molar-refractivity contribution is 7.15. The van der Waals surface area contributed by atoms with Gasteiger partial charge < -0.3 is 14.9 Å². The number of methoxy groups -OCH3 is 1. The molecule has 0 saturated carbocycles. The molecule has 3 heterocycles. The Morgan fingerprint density at radius 3 is 2.75 bits per heavy atom. The van der Waals surface area contributed by atoms with E-state index in [1.807, 2.05) is 36.4 Å². The third kappa shape index (κ3) is 2.40. The number of furan rings is 1. The van der Waals surface area contributed by atoms with Crippen molar-refractivity contribution in [2.45, 2.75) is 6.42 Å². The quantitative estimate of drug-likeness (QED) is 0.600. The molecule has 6 heteroatoms. The van der Waals surface area contributed by atoms with Crippen LogP contribution < -0.4 is 10.5 Å². The van der Waals surface area contributed by atoms with Crippen LogP contribution in [0, 0.1) is 0 Å². The number of nitrogens with two attached hydrogens (primary N) is 1. The van der Waals surface area contributed by atoms with Crippen LogP contribution in [-0.4, -0.2) is 23.0 Å². The predicted molar refractivity (Wildman–Crippen MR) is 95.5 cm³/mol. The van der Waals surface area contributed by atoms with Gasteiger partial charge in [0, 0.05) is 17.4 Å². The molecule has 24 heavy (non-hydrogen) atoms. The predicted octanol–water partition coefficient (Wildman–Crippen LogP) is 3.83. The lowest BCUT2D eigenvalue weighted by molar-refractivity contribution is 0.415. The number of rotatable bonds is 5. The number of hydrogen-bond acceptors (Lipinski definition) is 5. The van der Waals surface area contributed by atoms with Crippen molar-refractivity contribution in [1.82, 2.24) is 9.38 Å². The molecule has 0 saturated heterocycles. The number of imidazole rings is 1. The van der Waals surface area contributed by atoms with E-state index in [0.29, 0.717) is 6.54 Å². The van der Waals surface area contributed by atoms with Crippen molar-refractivity contribution in [3.63, 3.8) is 0 Å². The van der Waals surface area contributed by atoms with Gasteiger partial charge in [-0.05, 0) is 42.9 Å². The van der Waals surface area contributed by atoms with Crippen LogP contribution in [0.4, 0.5) is 0 Å². The summed E-state index contributed by atoms with van der Waals surface area (Å²) in [6.45, 7) is 0.560. The first-order valence-corrected chi connectivity index (χ1v) is 8.57. The lowest BCUT2D eigenvalue weighted by Crippen LogP contribution is -2.06. The molecule has 0 unspecified atom stereocenters. The third-order valence-corrected chi connectivity index (χ3v) is 4.80. The van der Waals surface area contributed by atoms with Crippen LogP contribution in [-0.2, 0) is 6.42 Å². The largest absolute Gasteiger partial charge is 0.497 e. The second-order valence-corrected chi connectivity index (χ2v) is 6.23. The van der Waals surface area contributed by atoms with Crippen molar-refractivity contribution in [3.05, 3.63) is 53.7 Å². The molecule has 0 fully saturated rings. The molecular weight excluding hydrogens is 322 g/mol. The van der Waals surface area contributed by atoms with Gasteiger partial charge in [0.15, 0.2) is 10.7 Å². The number of thiazole rings is 1. The van der Waals surface area contributed by atoms with Crippen molar-refractivity contribution in [2.75, 3.05) is 13.7 Å². The highest BCUT2D eigenvalue weighted by Gasteiger charge is 2.19. The zero-order valence-electron chi connectivity index (χ0n) is 13.2. The van der Waals surface area contributed by atoms with Crippen LogP contribution in [0.1, 0.15) is 5.69 Å². The lowest BCUT2D eigenvalue weighted by atomic mass is 10.1. The Hall–Kier alpha value is -2.57. The van der Waals surface area contributed by atoms with Crippen molar-refractivity contribution in [2.24, 2.45) is 5.73 Å². The van der Waals surface area contributed by atoms with Crippen LogP contribution in [0.5, 0.6) is 5.75 Å². The molecule has 5 nitrogen and oxygen atoms in total. The molecular formula is C18H17N3O2S. The Morgan fingerprint density at radius 2 is 2.08 bits per heavy atom. The maximum absolute atomic E-state index is 5.86. The van der Waals surface area contributed by atoms with Gasteiger partial charge in [0.2, 0.25) is 0 Å². The molecule has 0 spiro atoms. The van der Waals surface area contributed by atoms with Crippen LogP contribution in [0.25, 0.3) is 27.7 Å². The van der Waals surface area contributed by atoms with Gasteiger partial charge >= 0.3 is 0 Å². The zero-order chi connectivity index (χ0) is 16.5. The minimum Gasteiger partial charge on any atom is -0.497 e. The van der Waals surface area contributed by atoms with Gasteiger partial charge in [-0.1, -0.05) is 0 Å². The fraction of sp³-hybridized carbons (Fsp3) is 0.167. The molecule has 0 aliphatic rings. The summed E-state index contributed by atoms with van der Waals surface area (Å²) in [5.41, 5.74) is 9.99. The number of hydrogen-bond donors (Lipinski definition) is 1. The van der Waals surface area contributed by atoms with Crippen molar-refractivity contribution in [1.29, 1.82) is 0 Å². The highest BCUT2D eigenvalue weighted by Crippen LogP contribution is 2.33. The second-order valence-electron chi connectivity index (χ2n) is 5.39. The lowest BCUT2D eigenvalue weighted by Gasteiger charge is -2.06. The Labute approximate surface area is 143 Å². The van der Waals surface area contributed by atoms with E-state index in [1.165, 1.54) is 0 Å². The minimum atomic E-state index is 0.560. The van der Waals surface area contributed by atoms with Crippen molar-refractivity contribution >= 4 is 16.3 Å². The Balaban J connectivity index is 1.90. The number of fused-ring (bicyclic) bond motifs is 1. The van der Waals surface area contributed by atoms with Crippen molar-refractivity contribution in [3.8, 4) is 28.5 Å². The van der Waals surface area contributed by atoms with E-state index in [-0.39, 0.29) is 0 Å². The van der Waals surface area contributed by atoms with E-state index >= 15 is 0 Å². The van der Waals surface area contributed by atoms with E-state index < -0.39 is 0 Å². The molecule has 0 amide bonds. The molecule has 2 N–H and O–H groups in total. The minimum absolute atomic E-state index is 0.560. The van der Waals surface area contributed by atoms with E-state index in [0.717, 1.165) is 45.5 Å². The maximum atomic E-state index is 5.86. The average Bonchev–Trinajstić information content (AvgIpc) is 3.32. The van der Waals surface area contributed by atoms with Crippen LogP contribution in [0.15, 0.2) is 52.5 Å². The molecule has 0 atom stereocenters. The second kappa shape index (κ2) is 6.14. The van der Waals surface area contributed by atoms with E-state index in [9.17, 15) is 0 Å². The summed E-state index contributed by atoms with van der Waals surface area (Å²) >= 11 is 1.60. The molecule has 1 aromatic carbocycles. The first kappa shape index (κ1) is 15.0. The topological polar surface area (TPSA) is 65.7 Å². The first-order chi connectivity index (χ1) is 11.8. The summed E-state index contributed by atoms with van der Waals surface area (Å²) in [6, 6.07) is 11.8. The van der Waals surface area contributed by atoms with Crippen LogP contribution in [0.2, 0.25) is 0 Å². The van der Waals surface area contributed by atoms with E-state index in [2.05, 4.69) is 9.78 Å². The first-order valence-electron chi connectivity index (χ1n) is 7.69. The van der Waals surface area contributed by atoms with Gasteiger partial charge in [-0.3, -0.25) is 4.40 Å². The normalized spacial score (nSPS) is 11.2. The summed E-state index contributed by atoms with van der Waals surface area (Å²) in [6.07, 6.45) is 2.43. The summed E-state index contributed by atoms with van der Waals surface area (Å²) < 4.78 is 13.0. The molecule has 4 rings (SSSR count). The summed E-state index contributed by atoms with van der Waals surface area (Å²) in [4.78, 5) is 5.77. The smallest absolute Gasteiger partial charge is 0.195 e. The molecule has 4 aromatic rings. The van der Waals surface area contributed by atoms with Gasteiger partial charge in [0.25, 0.3) is 0 Å². The molecule has 3 aromatic heterocycles. The molecule has 0 aliphatic heterocycles. The van der Waals surface area contributed by atoms with Gasteiger partial charge in [0.05, 0.1) is 24.8 Å². The number of nitrogens with zero attached hydrogens (tertiary/aromatic N) is 2. The van der Waals surface area contributed by atoms with Crippen LogP contribution in [0.3, 0.4) is 0 Å². The Kier molecular flexibility index (Phi) is 3.84. The highest BCUT2D eigenvalue weighted by atomic mass is 32.1. The van der Waals surface area contributed by atoms with Gasteiger partial charge in [-0.2, -0.15) is 0 Å². The van der Waals surface area contributed by atoms with Crippen LogP contribution >= 0.6 is 11.3 Å². The molecule has 0 aliphatic carbocycles. The number of ether oxygens (including phenoxy) is 1. The van der Waals surface area contributed by atoms with Gasteiger partial charge in [0.1, 0.15) is 11.4 Å². The Morgan fingerprint density at radius 1 is 1.25 bits per heavy atom. The monoisotopic (exact) mass is 339 g/mol. The molecule has 0 bridgehead atoms. The summed E-state index contributed by atoms with van der Waals surface area (Å²) in [7, 11) is 1.66. The molecule has 0 radical (unpaired) electrons. The van der Waals surface area contributed by atoms with E-state index in [1.54, 1.807) is 24.7 Å². The summed E-state index contributed by atoms with van der Waals surface area (Å²) in [5.74, 6) is 1.66. The summed E-state index contributed by atoms with van der Waals surface area (Å²) in [5, 5.41) is 2.07. The standard InChI is InChI=1S/C18H17N3O2S/c1-22-13-6-4-12(5-7-13)17-14(8-9-19)21-15(11-24-18(21)20-17)16-3-2-10-23-16/h2-7,10-11H,8-9,19H2,1H3. The fourth-order valence-corrected chi connectivity index (χ4v) is 3.76. The van der Waals surface area contributed by atoms with Gasteiger partial charge in [-0.15, -0.1) is 11.3 Å².